The maximum atomic E-state index is 12.0. The smallest absolute Gasteiger partial charge is 0.344 e. The average molecular weight is 368 g/mol. The molecule has 0 radical (unpaired) electrons. The van der Waals surface area contributed by atoms with E-state index >= 15 is 0 Å². The predicted molar refractivity (Wildman–Crippen MR) is 93.1 cm³/mol. The van der Waals surface area contributed by atoms with Gasteiger partial charge in [0, 0.05) is 0 Å². The molecule has 2 amide bonds. The first kappa shape index (κ1) is 19.5. The molecule has 0 aliphatic heterocycles. The number of rotatable bonds is 7. The SMILES string of the molecule is COc1ccccc1C(=O)NC(=O)COC(=O)COc1ccc(C#N)cc1. The van der Waals surface area contributed by atoms with Crippen LogP contribution in [0.5, 0.6) is 11.5 Å². The molecule has 0 unspecified atom stereocenters. The monoisotopic (exact) mass is 368 g/mol. The normalized spacial score (nSPS) is 9.63. The number of nitrogens with zero attached hydrogens (tertiary/aromatic N) is 1. The maximum Gasteiger partial charge on any atom is 0.344 e. The molecule has 0 aliphatic rings. The van der Waals surface area contributed by atoms with Crippen LogP contribution in [0.2, 0.25) is 0 Å². The van der Waals surface area contributed by atoms with Gasteiger partial charge >= 0.3 is 5.97 Å². The number of nitriles is 1. The number of esters is 1. The number of hydrogen-bond donors (Lipinski definition) is 1. The Bertz CT molecular complexity index is 871. The summed E-state index contributed by atoms with van der Waals surface area (Å²) >= 11 is 0. The van der Waals surface area contributed by atoms with E-state index in [0.29, 0.717) is 17.1 Å². The second-order valence-electron chi connectivity index (χ2n) is 5.16. The highest BCUT2D eigenvalue weighted by atomic mass is 16.6. The summed E-state index contributed by atoms with van der Waals surface area (Å²) in [6.45, 7) is -1.05. The van der Waals surface area contributed by atoms with Crippen LogP contribution in [-0.4, -0.2) is 38.1 Å². The topological polar surface area (TPSA) is 115 Å². The van der Waals surface area contributed by atoms with Gasteiger partial charge in [0.25, 0.3) is 11.8 Å². The molecular formula is C19H16N2O6. The van der Waals surface area contributed by atoms with Crippen molar-refractivity contribution in [3.8, 4) is 17.6 Å². The van der Waals surface area contributed by atoms with Crippen LogP contribution in [0.25, 0.3) is 0 Å². The zero-order chi connectivity index (χ0) is 19.6. The van der Waals surface area contributed by atoms with E-state index in [1.807, 2.05) is 6.07 Å². The summed E-state index contributed by atoms with van der Waals surface area (Å²) in [4.78, 5) is 35.4. The number of amides is 2. The molecule has 1 N–H and O–H groups in total. The lowest BCUT2D eigenvalue weighted by molar-refractivity contribution is -0.150. The van der Waals surface area contributed by atoms with Gasteiger partial charge in [0.1, 0.15) is 11.5 Å². The van der Waals surface area contributed by atoms with Crippen molar-refractivity contribution in [2.75, 3.05) is 20.3 Å². The van der Waals surface area contributed by atoms with Crippen LogP contribution in [0.3, 0.4) is 0 Å². The number of para-hydroxylation sites is 1. The van der Waals surface area contributed by atoms with Crippen molar-refractivity contribution in [3.63, 3.8) is 0 Å². The van der Waals surface area contributed by atoms with Gasteiger partial charge in [-0.2, -0.15) is 5.26 Å². The lowest BCUT2D eigenvalue weighted by Crippen LogP contribution is -2.34. The summed E-state index contributed by atoms with van der Waals surface area (Å²) in [6, 6.07) is 14.5. The minimum atomic E-state index is -0.780. The third-order valence-electron chi connectivity index (χ3n) is 3.31. The lowest BCUT2D eigenvalue weighted by atomic mass is 10.2. The van der Waals surface area contributed by atoms with Gasteiger partial charge < -0.3 is 14.2 Å². The van der Waals surface area contributed by atoms with Crippen molar-refractivity contribution >= 4 is 17.8 Å². The summed E-state index contributed by atoms with van der Waals surface area (Å²) in [6.07, 6.45) is 0. The van der Waals surface area contributed by atoms with Crippen LogP contribution < -0.4 is 14.8 Å². The van der Waals surface area contributed by atoms with E-state index in [1.54, 1.807) is 18.2 Å². The van der Waals surface area contributed by atoms with Crippen LogP contribution in [0.15, 0.2) is 48.5 Å². The molecule has 2 aromatic rings. The molecule has 0 atom stereocenters. The van der Waals surface area contributed by atoms with E-state index in [4.69, 9.17) is 19.5 Å². The van der Waals surface area contributed by atoms with Gasteiger partial charge in [-0.25, -0.2) is 4.79 Å². The number of ether oxygens (including phenoxy) is 3. The summed E-state index contributed by atoms with van der Waals surface area (Å²) in [5, 5.41) is 10.8. The molecule has 27 heavy (non-hydrogen) atoms. The molecule has 0 aromatic heterocycles. The fraction of sp³-hybridized carbons (Fsp3) is 0.158. The van der Waals surface area contributed by atoms with E-state index in [1.165, 1.54) is 37.4 Å². The fourth-order valence-electron chi connectivity index (χ4n) is 2.02. The number of benzene rings is 2. The molecule has 2 rings (SSSR count). The molecule has 138 valence electrons. The first-order chi connectivity index (χ1) is 13.0. The molecule has 0 bridgehead atoms. The van der Waals surface area contributed by atoms with Gasteiger partial charge in [0.2, 0.25) is 0 Å². The molecule has 0 spiro atoms. The van der Waals surface area contributed by atoms with Gasteiger partial charge in [-0.1, -0.05) is 12.1 Å². The van der Waals surface area contributed by atoms with Crippen molar-refractivity contribution in [2.24, 2.45) is 0 Å². The van der Waals surface area contributed by atoms with Crippen LogP contribution >= 0.6 is 0 Å². The van der Waals surface area contributed by atoms with E-state index in [2.05, 4.69) is 5.32 Å². The Balaban J connectivity index is 1.76. The Hall–Kier alpha value is -3.86. The van der Waals surface area contributed by atoms with Crippen LogP contribution in [-0.2, 0) is 14.3 Å². The summed E-state index contributed by atoms with van der Waals surface area (Å²) in [7, 11) is 1.41. The fourth-order valence-corrected chi connectivity index (χ4v) is 2.02. The van der Waals surface area contributed by atoms with Crippen molar-refractivity contribution in [1.82, 2.24) is 5.32 Å². The summed E-state index contributed by atoms with van der Waals surface area (Å²) < 4.78 is 15.0. The van der Waals surface area contributed by atoms with Crippen LogP contribution in [0.4, 0.5) is 0 Å². The first-order valence-electron chi connectivity index (χ1n) is 7.79. The van der Waals surface area contributed by atoms with Crippen molar-refractivity contribution in [1.29, 1.82) is 5.26 Å². The standard InChI is InChI=1S/C19H16N2O6/c1-25-16-5-3-2-4-15(16)19(24)21-17(22)11-27-18(23)12-26-14-8-6-13(10-20)7-9-14/h2-9H,11-12H2,1H3,(H,21,22,24). The minimum Gasteiger partial charge on any atom is -0.496 e. The Labute approximate surface area is 155 Å². The van der Waals surface area contributed by atoms with E-state index in [0.717, 1.165) is 0 Å². The molecular weight excluding hydrogens is 352 g/mol. The quantitative estimate of drug-likeness (QED) is 0.736. The van der Waals surface area contributed by atoms with Gasteiger partial charge in [0.15, 0.2) is 13.2 Å². The number of carbonyl (C=O) groups is 3. The lowest BCUT2D eigenvalue weighted by Gasteiger charge is -2.09. The first-order valence-corrected chi connectivity index (χ1v) is 7.79. The molecule has 0 aliphatic carbocycles. The van der Waals surface area contributed by atoms with Crippen molar-refractivity contribution in [2.45, 2.75) is 0 Å². The maximum absolute atomic E-state index is 12.0. The van der Waals surface area contributed by atoms with Crippen LogP contribution in [0.1, 0.15) is 15.9 Å². The Kier molecular flexibility index (Phi) is 6.91. The second kappa shape index (κ2) is 9.58. The summed E-state index contributed by atoms with van der Waals surface area (Å²) in [5.74, 6) is -1.53. The van der Waals surface area contributed by atoms with Gasteiger partial charge in [-0.15, -0.1) is 0 Å². The number of methoxy groups -OCH3 is 1. The summed E-state index contributed by atoms with van der Waals surface area (Å²) in [5.41, 5.74) is 0.644. The van der Waals surface area contributed by atoms with Crippen molar-refractivity contribution < 1.29 is 28.6 Å². The molecule has 8 nitrogen and oxygen atoms in total. The number of nitrogens with one attached hydrogen (secondary N) is 1. The molecule has 2 aromatic carbocycles. The van der Waals surface area contributed by atoms with E-state index in [-0.39, 0.29) is 5.56 Å². The van der Waals surface area contributed by atoms with Gasteiger partial charge in [-0.05, 0) is 36.4 Å². The van der Waals surface area contributed by atoms with Crippen LogP contribution in [0, 0.1) is 11.3 Å². The minimum absolute atomic E-state index is 0.184. The zero-order valence-corrected chi connectivity index (χ0v) is 14.4. The molecule has 0 heterocycles. The Morgan fingerprint density at radius 1 is 1.04 bits per heavy atom. The highest BCUT2D eigenvalue weighted by molar-refractivity contribution is 6.06. The number of carbonyl (C=O) groups excluding carboxylic acids is 3. The predicted octanol–water partition coefficient (Wildman–Crippen LogP) is 1.45. The third-order valence-corrected chi connectivity index (χ3v) is 3.31. The highest BCUT2D eigenvalue weighted by Crippen LogP contribution is 2.16. The Morgan fingerprint density at radius 3 is 2.41 bits per heavy atom. The highest BCUT2D eigenvalue weighted by Gasteiger charge is 2.16. The van der Waals surface area contributed by atoms with Gasteiger partial charge in [-0.3, -0.25) is 14.9 Å². The zero-order valence-electron chi connectivity index (χ0n) is 14.4. The largest absolute Gasteiger partial charge is 0.496 e. The molecule has 0 saturated heterocycles. The van der Waals surface area contributed by atoms with E-state index in [9.17, 15) is 14.4 Å². The van der Waals surface area contributed by atoms with Gasteiger partial charge in [0.05, 0.1) is 24.3 Å². The molecule has 8 heteroatoms. The Morgan fingerprint density at radius 2 is 1.74 bits per heavy atom. The average Bonchev–Trinajstić information content (AvgIpc) is 2.70. The third kappa shape index (κ3) is 5.86. The second-order valence-corrected chi connectivity index (χ2v) is 5.16. The van der Waals surface area contributed by atoms with E-state index < -0.39 is 31.0 Å². The molecule has 0 fully saturated rings. The van der Waals surface area contributed by atoms with Crippen molar-refractivity contribution in [3.05, 3.63) is 59.7 Å². The number of hydrogen-bond acceptors (Lipinski definition) is 7. The number of imide groups is 1. The molecule has 0 saturated carbocycles.